The van der Waals surface area contributed by atoms with Crippen LogP contribution < -0.4 is 0 Å². The third-order valence-corrected chi connectivity index (χ3v) is 2.06. The van der Waals surface area contributed by atoms with E-state index in [1.807, 2.05) is 0 Å². The molecule has 0 saturated carbocycles. The number of esters is 1. The first-order valence-electron chi connectivity index (χ1n) is 4.71. The molecule has 1 aliphatic heterocycles. The first-order chi connectivity index (χ1) is 6.72. The highest BCUT2D eigenvalue weighted by Gasteiger charge is 2.40. The molecule has 0 aromatic heterocycles. The highest BCUT2D eigenvalue weighted by molar-refractivity contribution is 6.29. The van der Waals surface area contributed by atoms with Crippen LogP contribution in [0.2, 0.25) is 0 Å². The topological polar surface area (TPSA) is 51.0 Å². The Balaban J connectivity index is 2.76. The summed E-state index contributed by atoms with van der Waals surface area (Å²) < 4.78 is 5.20. The van der Waals surface area contributed by atoms with Crippen molar-refractivity contribution in [1.29, 1.82) is 0 Å². The Hall–Kier alpha value is -0.900. The number of hydrogen-bond donors (Lipinski definition) is 0. The van der Waals surface area contributed by atoms with Crippen molar-refractivity contribution >= 4 is 30.0 Å². The fourth-order valence-electron chi connectivity index (χ4n) is 1.14. The fraction of sp³-hybridized carbons (Fsp3) is 0.700. The smallest absolute Gasteiger partial charge is 0.335 e. The van der Waals surface area contributed by atoms with Crippen molar-refractivity contribution in [2.45, 2.75) is 44.3 Å². The molecule has 1 aliphatic rings. The lowest BCUT2D eigenvalue weighted by molar-refractivity contribution is -0.157. The first-order valence-corrected chi connectivity index (χ1v) is 5.09. The molecule has 15 heavy (non-hydrogen) atoms. The summed E-state index contributed by atoms with van der Waals surface area (Å²) >= 11 is 6.05. The highest BCUT2D eigenvalue weighted by atomic mass is 35.5. The lowest BCUT2D eigenvalue weighted by Crippen LogP contribution is -2.43. The Morgan fingerprint density at radius 1 is 1.47 bits per heavy atom. The Labute approximate surface area is 94.4 Å². The number of hydrogen-bond acceptors (Lipinski definition) is 4. The zero-order valence-corrected chi connectivity index (χ0v) is 10.1. The van der Waals surface area contributed by atoms with Crippen LogP contribution in [0.3, 0.4) is 0 Å². The minimum atomic E-state index is -1.04. The standard InChI is InChI=1S/C10H15ClN2O2/c1-9(2,3)15-8(14)7-10(4,11)13-6-5-12-7/h5-7H,1-4H3. The van der Waals surface area contributed by atoms with E-state index in [1.165, 1.54) is 12.4 Å². The predicted octanol–water partition coefficient (Wildman–Crippen LogP) is 1.81. The molecule has 0 N–H and O–H groups in total. The second-order valence-corrected chi connectivity index (χ2v) is 5.30. The summed E-state index contributed by atoms with van der Waals surface area (Å²) in [4.78, 5) is 18.7. The average Bonchev–Trinajstić information content (AvgIpc) is 1.99. The van der Waals surface area contributed by atoms with Crippen LogP contribution >= 0.6 is 11.6 Å². The van der Waals surface area contributed by atoms with Crippen LogP contribution in [0.1, 0.15) is 27.7 Å². The van der Waals surface area contributed by atoms with Crippen LogP contribution in [0.15, 0.2) is 9.98 Å². The predicted molar refractivity (Wildman–Crippen MR) is 60.9 cm³/mol. The molecule has 0 amide bonds. The van der Waals surface area contributed by atoms with Crippen molar-refractivity contribution in [1.82, 2.24) is 0 Å². The Bertz CT molecular complexity index is 316. The molecule has 0 aliphatic carbocycles. The van der Waals surface area contributed by atoms with E-state index in [1.54, 1.807) is 27.7 Å². The van der Waals surface area contributed by atoms with Crippen molar-refractivity contribution in [3.63, 3.8) is 0 Å². The summed E-state index contributed by atoms with van der Waals surface area (Å²) in [6.45, 7) is 7.03. The van der Waals surface area contributed by atoms with Gasteiger partial charge in [0.2, 0.25) is 0 Å². The number of nitrogens with zero attached hydrogens (tertiary/aromatic N) is 2. The van der Waals surface area contributed by atoms with Crippen molar-refractivity contribution in [2.24, 2.45) is 9.98 Å². The molecule has 0 aromatic carbocycles. The van der Waals surface area contributed by atoms with Crippen LogP contribution in [-0.4, -0.2) is 35.0 Å². The molecule has 2 atom stereocenters. The van der Waals surface area contributed by atoms with Gasteiger partial charge in [-0.15, -0.1) is 0 Å². The quantitative estimate of drug-likeness (QED) is 0.392. The maximum Gasteiger partial charge on any atom is 0.335 e. The van der Waals surface area contributed by atoms with E-state index in [2.05, 4.69) is 9.98 Å². The first kappa shape index (κ1) is 12.2. The van der Waals surface area contributed by atoms with E-state index >= 15 is 0 Å². The SMILES string of the molecule is CC(C)(C)OC(=O)C1N=CC=NC1(C)Cl. The molecule has 1 heterocycles. The average molecular weight is 231 g/mol. The minimum Gasteiger partial charge on any atom is -0.458 e. The van der Waals surface area contributed by atoms with Crippen LogP contribution in [0.5, 0.6) is 0 Å². The molecular formula is C10H15ClN2O2. The number of aliphatic imine (C=N–C) groups is 2. The largest absolute Gasteiger partial charge is 0.458 e. The molecule has 4 nitrogen and oxygen atoms in total. The summed E-state index contributed by atoms with van der Waals surface area (Å²) in [5.74, 6) is -0.451. The molecule has 0 saturated heterocycles. The zero-order valence-electron chi connectivity index (χ0n) is 9.32. The van der Waals surface area contributed by atoms with Gasteiger partial charge in [0.1, 0.15) is 5.60 Å². The molecule has 0 fully saturated rings. The van der Waals surface area contributed by atoms with Gasteiger partial charge >= 0.3 is 5.97 Å². The number of ether oxygens (including phenoxy) is 1. The van der Waals surface area contributed by atoms with Gasteiger partial charge in [-0.25, -0.2) is 4.79 Å². The Morgan fingerprint density at radius 2 is 2.07 bits per heavy atom. The van der Waals surface area contributed by atoms with Crippen LogP contribution in [0.25, 0.3) is 0 Å². The van der Waals surface area contributed by atoms with Gasteiger partial charge in [0.05, 0.1) is 0 Å². The second-order valence-electron chi connectivity index (χ2n) is 4.54. The van der Waals surface area contributed by atoms with E-state index in [9.17, 15) is 4.79 Å². The van der Waals surface area contributed by atoms with Crippen molar-refractivity contribution in [3.8, 4) is 0 Å². The molecule has 0 radical (unpaired) electrons. The summed E-state index contributed by atoms with van der Waals surface area (Å²) in [7, 11) is 0. The van der Waals surface area contributed by atoms with Crippen molar-refractivity contribution in [2.75, 3.05) is 0 Å². The van der Waals surface area contributed by atoms with E-state index in [0.29, 0.717) is 0 Å². The Morgan fingerprint density at radius 3 is 2.53 bits per heavy atom. The van der Waals surface area contributed by atoms with Gasteiger partial charge in [-0.2, -0.15) is 0 Å². The van der Waals surface area contributed by atoms with E-state index in [4.69, 9.17) is 16.3 Å². The maximum absolute atomic E-state index is 11.7. The fourth-order valence-corrected chi connectivity index (χ4v) is 1.35. The van der Waals surface area contributed by atoms with Gasteiger partial charge < -0.3 is 4.74 Å². The third kappa shape index (κ3) is 3.30. The maximum atomic E-state index is 11.7. The summed E-state index contributed by atoms with van der Waals surface area (Å²) in [6, 6.07) is -0.775. The summed E-state index contributed by atoms with van der Waals surface area (Å²) in [5.41, 5.74) is -0.541. The number of carbonyl (C=O) groups is 1. The molecule has 2 unspecified atom stereocenters. The van der Waals surface area contributed by atoms with Gasteiger partial charge in [0, 0.05) is 12.4 Å². The number of carbonyl (C=O) groups excluding carboxylic acids is 1. The molecular weight excluding hydrogens is 216 g/mol. The highest BCUT2D eigenvalue weighted by Crippen LogP contribution is 2.27. The number of rotatable bonds is 1. The lowest BCUT2D eigenvalue weighted by Gasteiger charge is -2.28. The van der Waals surface area contributed by atoms with E-state index in [0.717, 1.165) is 0 Å². The van der Waals surface area contributed by atoms with Crippen LogP contribution in [-0.2, 0) is 9.53 Å². The van der Waals surface area contributed by atoms with Gasteiger partial charge in [0.15, 0.2) is 11.0 Å². The monoisotopic (exact) mass is 230 g/mol. The van der Waals surface area contributed by atoms with Gasteiger partial charge in [-0.05, 0) is 27.7 Å². The van der Waals surface area contributed by atoms with Crippen LogP contribution in [0, 0.1) is 0 Å². The van der Waals surface area contributed by atoms with Crippen molar-refractivity contribution < 1.29 is 9.53 Å². The Kier molecular flexibility index (Phi) is 3.19. The lowest BCUT2D eigenvalue weighted by atomic mass is 10.1. The molecule has 0 aromatic rings. The van der Waals surface area contributed by atoms with Crippen LogP contribution in [0.4, 0.5) is 0 Å². The van der Waals surface area contributed by atoms with Gasteiger partial charge in [-0.3, -0.25) is 9.98 Å². The van der Waals surface area contributed by atoms with E-state index < -0.39 is 22.6 Å². The molecule has 0 spiro atoms. The molecule has 84 valence electrons. The number of alkyl halides is 1. The molecule has 0 bridgehead atoms. The number of halogens is 1. The minimum absolute atomic E-state index is 0.451. The normalized spacial score (nSPS) is 30.3. The van der Waals surface area contributed by atoms with E-state index in [-0.39, 0.29) is 0 Å². The second kappa shape index (κ2) is 3.93. The third-order valence-electron chi connectivity index (χ3n) is 1.76. The molecule has 5 heteroatoms. The summed E-state index contributed by atoms with van der Waals surface area (Å²) in [5, 5.41) is 0. The summed E-state index contributed by atoms with van der Waals surface area (Å²) in [6.07, 6.45) is 2.94. The van der Waals surface area contributed by atoms with Crippen molar-refractivity contribution in [3.05, 3.63) is 0 Å². The molecule has 1 rings (SSSR count). The zero-order chi connectivity index (χ0) is 11.7. The van der Waals surface area contributed by atoms with Gasteiger partial charge in [-0.1, -0.05) is 11.6 Å². The van der Waals surface area contributed by atoms with Gasteiger partial charge in [0.25, 0.3) is 0 Å².